The molecule has 3 rings (SSSR count). The first-order valence-electron chi connectivity index (χ1n) is 5.30. The monoisotopic (exact) mass is 245 g/mol. The Morgan fingerprint density at radius 3 is 2.78 bits per heavy atom. The van der Waals surface area contributed by atoms with Crippen LogP contribution >= 0.6 is 0 Å². The summed E-state index contributed by atoms with van der Waals surface area (Å²) in [5, 5.41) is 3.13. The van der Waals surface area contributed by atoms with Crippen LogP contribution in [0.2, 0.25) is 0 Å². The Morgan fingerprint density at radius 1 is 1.06 bits per heavy atom. The van der Waals surface area contributed by atoms with Crippen molar-refractivity contribution < 1.29 is 9.47 Å². The fourth-order valence-electron chi connectivity index (χ4n) is 1.63. The molecular formula is C11H11N5O2. The van der Waals surface area contributed by atoms with Gasteiger partial charge in [0.1, 0.15) is 18.0 Å². The number of aromatic nitrogens is 2. The van der Waals surface area contributed by atoms with Crippen LogP contribution < -0.4 is 26.1 Å². The molecule has 92 valence electrons. The van der Waals surface area contributed by atoms with Crippen LogP contribution in [0.4, 0.5) is 17.3 Å². The molecule has 0 unspecified atom stereocenters. The van der Waals surface area contributed by atoms with Gasteiger partial charge in [-0.25, -0.2) is 15.8 Å². The smallest absolute Gasteiger partial charge is 0.231 e. The lowest BCUT2D eigenvalue weighted by Gasteiger charge is -2.07. The zero-order valence-corrected chi connectivity index (χ0v) is 9.38. The lowest BCUT2D eigenvalue weighted by atomic mass is 10.3. The first-order chi connectivity index (χ1) is 8.85. The molecule has 0 bridgehead atoms. The molecule has 0 aliphatic carbocycles. The molecule has 0 saturated carbocycles. The second-order valence-corrected chi connectivity index (χ2v) is 3.63. The first-order valence-corrected chi connectivity index (χ1v) is 5.30. The summed E-state index contributed by atoms with van der Waals surface area (Å²) in [6, 6.07) is 7.27. The molecular weight excluding hydrogens is 234 g/mol. The van der Waals surface area contributed by atoms with Gasteiger partial charge in [-0.1, -0.05) is 0 Å². The second kappa shape index (κ2) is 4.38. The van der Waals surface area contributed by atoms with Gasteiger partial charge in [-0.05, 0) is 12.1 Å². The highest BCUT2D eigenvalue weighted by Gasteiger charge is 2.13. The highest BCUT2D eigenvalue weighted by molar-refractivity contribution is 5.63. The van der Waals surface area contributed by atoms with E-state index in [9.17, 15) is 0 Å². The van der Waals surface area contributed by atoms with E-state index in [4.69, 9.17) is 15.3 Å². The Labute approximate surface area is 103 Å². The second-order valence-electron chi connectivity index (χ2n) is 3.63. The fourth-order valence-corrected chi connectivity index (χ4v) is 1.63. The number of anilines is 3. The van der Waals surface area contributed by atoms with E-state index in [-0.39, 0.29) is 6.79 Å². The quantitative estimate of drug-likeness (QED) is 0.553. The molecule has 1 aromatic heterocycles. The minimum Gasteiger partial charge on any atom is -0.454 e. The Bertz CT molecular complexity index is 575. The number of hydrogen-bond acceptors (Lipinski definition) is 7. The fraction of sp³-hybridized carbons (Fsp3) is 0.0909. The van der Waals surface area contributed by atoms with E-state index in [1.807, 2.05) is 18.2 Å². The molecule has 7 nitrogen and oxygen atoms in total. The van der Waals surface area contributed by atoms with Gasteiger partial charge < -0.3 is 20.2 Å². The van der Waals surface area contributed by atoms with E-state index >= 15 is 0 Å². The SMILES string of the molecule is NNc1cc(Nc2ccc3c(c2)OCO3)ncn1. The van der Waals surface area contributed by atoms with Crippen LogP contribution in [0.25, 0.3) is 0 Å². The van der Waals surface area contributed by atoms with Crippen molar-refractivity contribution in [1.29, 1.82) is 0 Å². The largest absolute Gasteiger partial charge is 0.454 e. The molecule has 1 aliphatic heterocycles. The van der Waals surface area contributed by atoms with Gasteiger partial charge >= 0.3 is 0 Å². The minimum absolute atomic E-state index is 0.257. The van der Waals surface area contributed by atoms with E-state index in [0.29, 0.717) is 17.4 Å². The molecule has 2 heterocycles. The van der Waals surface area contributed by atoms with Crippen molar-refractivity contribution in [3.63, 3.8) is 0 Å². The normalized spacial score (nSPS) is 12.3. The van der Waals surface area contributed by atoms with Crippen molar-refractivity contribution in [2.75, 3.05) is 17.5 Å². The van der Waals surface area contributed by atoms with E-state index in [2.05, 4.69) is 20.7 Å². The first kappa shape index (κ1) is 10.6. The number of fused-ring (bicyclic) bond motifs is 1. The Kier molecular flexibility index (Phi) is 2.58. The number of ether oxygens (including phenoxy) is 2. The summed E-state index contributed by atoms with van der Waals surface area (Å²) in [5.74, 6) is 7.91. The van der Waals surface area contributed by atoms with E-state index in [0.717, 1.165) is 11.4 Å². The number of hydrogen-bond donors (Lipinski definition) is 3. The number of nitrogens with zero attached hydrogens (tertiary/aromatic N) is 2. The maximum absolute atomic E-state index is 5.29. The lowest BCUT2D eigenvalue weighted by Crippen LogP contribution is -2.09. The van der Waals surface area contributed by atoms with Crippen molar-refractivity contribution in [2.24, 2.45) is 5.84 Å². The molecule has 2 aromatic rings. The molecule has 0 radical (unpaired) electrons. The van der Waals surface area contributed by atoms with Crippen molar-refractivity contribution in [1.82, 2.24) is 9.97 Å². The third kappa shape index (κ3) is 1.98. The van der Waals surface area contributed by atoms with Gasteiger partial charge in [0.25, 0.3) is 0 Å². The summed E-state index contributed by atoms with van der Waals surface area (Å²) in [6.45, 7) is 0.257. The Balaban J connectivity index is 1.83. The van der Waals surface area contributed by atoms with Gasteiger partial charge in [0.05, 0.1) is 0 Å². The van der Waals surface area contributed by atoms with Crippen molar-refractivity contribution in [2.45, 2.75) is 0 Å². The molecule has 0 saturated heterocycles. The zero-order chi connectivity index (χ0) is 12.4. The van der Waals surface area contributed by atoms with E-state index < -0.39 is 0 Å². The summed E-state index contributed by atoms with van der Waals surface area (Å²) in [6.07, 6.45) is 1.42. The molecule has 1 aliphatic rings. The van der Waals surface area contributed by atoms with Crippen LogP contribution in [0, 0.1) is 0 Å². The van der Waals surface area contributed by atoms with Gasteiger partial charge in [-0.15, -0.1) is 0 Å². The molecule has 18 heavy (non-hydrogen) atoms. The summed E-state index contributed by atoms with van der Waals surface area (Å²) < 4.78 is 10.5. The molecule has 0 atom stereocenters. The average molecular weight is 245 g/mol. The molecule has 0 fully saturated rings. The Hall–Kier alpha value is -2.54. The van der Waals surface area contributed by atoms with Crippen molar-refractivity contribution in [3.8, 4) is 11.5 Å². The van der Waals surface area contributed by atoms with Crippen LogP contribution in [-0.2, 0) is 0 Å². The zero-order valence-electron chi connectivity index (χ0n) is 9.38. The summed E-state index contributed by atoms with van der Waals surface area (Å²) in [7, 11) is 0. The highest BCUT2D eigenvalue weighted by Crippen LogP contribution is 2.34. The standard InChI is InChI=1S/C11H11N5O2/c12-16-11-4-10(13-5-14-11)15-7-1-2-8-9(3-7)18-6-17-8/h1-5H,6,12H2,(H2,13,14,15,16). The number of nitrogens with one attached hydrogen (secondary N) is 2. The minimum atomic E-state index is 0.257. The predicted octanol–water partition coefficient (Wildman–Crippen LogP) is 1.23. The number of rotatable bonds is 3. The van der Waals surface area contributed by atoms with Crippen molar-refractivity contribution in [3.05, 3.63) is 30.6 Å². The summed E-state index contributed by atoms with van der Waals surface area (Å²) >= 11 is 0. The van der Waals surface area contributed by atoms with Crippen LogP contribution in [-0.4, -0.2) is 16.8 Å². The highest BCUT2D eigenvalue weighted by atomic mass is 16.7. The van der Waals surface area contributed by atoms with Gasteiger partial charge in [0.15, 0.2) is 11.5 Å². The third-order valence-corrected chi connectivity index (χ3v) is 2.46. The predicted molar refractivity (Wildman–Crippen MR) is 65.7 cm³/mol. The molecule has 7 heteroatoms. The summed E-state index contributed by atoms with van der Waals surface area (Å²) in [4.78, 5) is 8.01. The number of benzene rings is 1. The maximum atomic E-state index is 5.29. The van der Waals surface area contributed by atoms with Crippen LogP contribution in [0.3, 0.4) is 0 Å². The molecule has 4 N–H and O–H groups in total. The lowest BCUT2D eigenvalue weighted by molar-refractivity contribution is 0.174. The van der Waals surface area contributed by atoms with Gasteiger partial charge in [0.2, 0.25) is 6.79 Å². The number of hydrazine groups is 1. The van der Waals surface area contributed by atoms with Crippen LogP contribution in [0.15, 0.2) is 30.6 Å². The van der Waals surface area contributed by atoms with E-state index in [1.54, 1.807) is 6.07 Å². The average Bonchev–Trinajstić information content (AvgIpc) is 2.86. The van der Waals surface area contributed by atoms with Crippen LogP contribution in [0.5, 0.6) is 11.5 Å². The number of nitrogen functional groups attached to an aromatic ring is 1. The van der Waals surface area contributed by atoms with E-state index in [1.165, 1.54) is 6.33 Å². The third-order valence-electron chi connectivity index (χ3n) is 2.46. The number of nitrogens with two attached hydrogens (primary N) is 1. The molecule has 0 spiro atoms. The molecule has 0 amide bonds. The van der Waals surface area contributed by atoms with Gasteiger partial charge in [-0.2, -0.15) is 0 Å². The van der Waals surface area contributed by atoms with Crippen molar-refractivity contribution >= 4 is 17.3 Å². The van der Waals surface area contributed by atoms with Gasteiger partial charge in [0, 0.05) is 17.8 Å². The maximum Gasteiger partial charge on any atom is 0.231 e. The topological polar surface area (TPSA) is 94.3 Å². The van der Waals surface area contributed by atoms with Gasteiger partial charge in [-0.3, -0.25) is 0 Å². The molecule has 1 aromatic carbocycles. The van der Waals surface area contributed by atoms with Crippen LogP contribution in [0.1, 0.15) is 0 Å². The Morgan fingerprint density at radius 2 is 1.89 bits per heavy atom. The summed E-state index contributed by atoms with van der Waals surface area (Å²) in [5.41, 5.74) is 3.31.